The second-order valence-electron chi connectivity index (χ2n) is 4.36. The Bertz CT molecular complexity index is 435. The molecule has 1 rings (SSSR count). The van der Waals surface area contributed by atoms with Crippen LogP contribution in [0.15, 0.2) is 5.10 Å². The van der Waals surface area contributed by atoms with Gasteiger partial charge in [-0.05, 0) is 68.0 Å². The lowest BCUT2D eigenvalue weighted by molar-refractivity contribution is 1.12. The van der Waals surface area contributed by atoms with E-state index in [0.29, 0.717) is 5.17 Å². The molecular formula is C13H21N3S. The van der Waals surface area contributed by atoms with E-state index in [4.69, 9.17) is 11.6 Å². The molecule has 0 heterocycles. The molecular weight excluding hydrogens is 230 g/mol. The Morgan fingerprint density at radius 2 is 1.35 bits per heavy atom. The average molecular weight is 251 g/mol. The molecule has 94 valence electrons. The molecule has 0 aliphatic rings. The van der Waals surface area contributed by atoms with E-state index in [0.717, 1.165) is 5.75 Å². The first kappa shape index (κ1) is 13.9. The van der Waals surface area contributed by atoms with Gasteiger partial charge in [-0.25, -0.2) is 0 Å². The zero-order valence-corrected chi connectivity index (χ0v) is 12.0. The Balaban J connectivity index is 3.16. The number of hydrazone groups is 1. The molecule has 0 saturated carbocycles. The van der Waals surface area contributed by atoms with Crippen molar-refractivity contribution in [1.82, 2.24) is 0 Å². The molecule has 0 aliphatic heterocycles. The molecule has 17 heavy (non-hydrogen) atoms. The van der Waals surface area contributed by atoms with Crippen molar-refractivity contribution in [2.24, 2.45) is 16.7 Å². The molecule has 4 N–H and O–H groups in total. The minimum Gasteiger partial charge on any atom is -0.377 e. The Hall–Kier alpha value is -1.16. The van der Waals surface area contributed by atoms with Crippen LogP contribution in [-0.2, 0) is 5.75 Å². The summed E-state index contributed by atoms with van der Waals surface area (Å²) in [7, 11) is 0. The maximum Gasteiger partial charge on any atom is 0.177 e. The summed E-state index contributed by atoms with van der Waals surface area (Å²) in [5.74, 6) is 5.96. The lowest BCUT2D eigenvalue weighted by Crippen LogP contribution is -2.10. The summed E-state index contributed by atoms with van der Waals surface area (Å²) in [5.41, 5.74) is 13.8. The number of nitrogens with zero attached hydrogens (tertiary/aromatic N) is 1. The summed E-state index contributed by atoms with van der Waals surface area (Å²) < 4.78 is 0. The van der Waals surface area contributed by atoms with E-state index >= 15 is 0 Å². The highest BCUT2D eigenvalue weighted by atomic mass is 32.2. The van der Waals surface area contributed by atoms with Crippen LogP contribution in [0.25, 0.3) is 0 Å². The fourth-order valence-electron chi connectivity index (χ4n) is 1.98. The monoisotopic (exact) mass is 251 g/mol. The SMILES string of the molecule is Cc1c(C)c(C)c(CSC(N)=NN)c(C)c1C. The van der Waals surface area contributed by atoms with Gasteiger partial charge < -0.3 is 11.6 Å². The zero-order valence-electron chi connectivity index (χ0n) is 11.2. The maximum atomic E-state index is 5.61. The summed E-state index contributed by atoms with van der Waals surface area (Å²) in [5, 5.41) is 3.91. The number of hydrogen-bond acceptors (Lipinski definition) is 3. The third kappa shape index (κ3) is 2.75. The highest BCUT2D eigenvalue weighted by Gasteiger charge is 2.12. The average Bonchev–Trinajstić information content (AvgIpc) is 2.33. The van der Waals surface area contributed by atoms with E-state index in [1.807, 2.05) is 0 Å². The van der Waals surface area contributed by atoms with Gasteiger partial charge in [-0.3, -0.25) is 0 Å². The minimum atomic E-state index is 0.430. The first-order valence-corrected chi connectivity index (χ1v) is 6.60. The number of amidine groups is 1. The van der Waals surface area contributed by atoms with Crippen molar-refractivity contribution in [3.8, 4) is 0 Å². The highest BCUT2D eigenvalue weighted by molar-refractivity contribution is 8.13. The number of hydrogen-bond donors (Lipinski definition) is 2. The van der Waals surface area contributed by atoms with Gasteiger partial charge in [-0.1, -0.05) is 11.8 Å². The zero-order chi connectivity index (χ0) is 13.2. The number of benzene rings is 1. The van der Waals surface area contributed by atoms with Gasteiger partial charge in [0.05, 0.1) is 0 Å². The summed E-state index contributed by atoms with van der Waals surface area (Å²) in [6.45, 7) is 10.9. The van der Waals surface area contributed by atoms with Gasteiger partial charge in [0, 0.05) is 5.75 Å². The second kappa shape index (κ2) is 5.45. The van der Waals surface area contributed by atoms with Crippen LogP contribution >= 0.6 is 11.8 Å². The molecule has 0 aliphatic carbocycles. The second-order valence-corrected chi connectivity index (χ2v) is 5.36. The molecule has 0 fully saturated rings. The van der Waals surface area contributed by atoms with Gasteiger partial charge in [-0.15, -0.1) is 0 Å². The lowest BCUT2D eigenvalue weighted by atomic mass is 9.90. The van der Waals surface area contributed by atoms with Crippen molar-refractivity contribution < 1.29 is 0 Å². The molecule has 0 spiro atoms. The predicted octanol–water partition coefficient (Wildman–Crippen LogP) is 2.65. The highest BCUT2D eigenvalue weighted by Crippen LogP contribution is 2.28. The topological polar surface area (TPSA) is 64.4 Å². The van der Waals surface area contributed by atoms with Gasteiger partial charge in [0.25, 0.3) is 0 Å². The Morgan fingerprint density at radius 3 is 1.76 bits per heavy atom. The first-order valence-electron chi connectivity index (χ1n) is 5.62. The van der Waals surface area contributed by atoms with Gasteiger partial charge in [0.1, 0.15) is 0 Å². The van der Waals surface area contributed by atoms with Crippen molar-refractivity contribution in [1.29, 1.82) is 0 Å². The molecule has 1 aromatic carbocycles. The van der Waals surface area contributed by atoms with Crippen LogP contribution in [-0.4, -0.2) is 5.17 Å². The third-order valence-corrected chi connectivity index (χ3v) is 4.48. The van der Waals surface area contributed by atoms with Gasteiger partial charge in [0.2, 0.25) is 0 Å². The van der Waals surface area contributed by atoms with Crippen LogP contribution in [0.5, 0.6) is 0 Å². The van der Waals surface area contributed by atoms with Crippen molar-refractivity contribution in [2.45, 2.75) is 40.4 Å². The lowest BCUT2D eigenvalue weighted by Gasteiger charge is -2.18. The van der Waals surface area contributed by atoms with Gasteiger partial charge in [0.15, 0.2) is 5.17 Å². The summed E-state index contributed by atoms with van der Waals surface area (Å²) in [4.78, 5) is 0. The fourth-order valence-corrected chi connectivity index (χ4v) is 2.78. The van der Waals surface area contributed by atoms with Crippen LogP contribution in [0, 0.1) is 34.6 Å². The van der Waals surface area contributed by atoms with Gasteiger partial charge >= 0.3 is 0 Å². The standard InChI is InChI=1S/C13H21N3S/c1-7-8(2)10(4)12(11(5)9(7)3)6-17-13(14)16-15/h6,15H2,1-5H3,(H2,14,16). The van der Waals surface area contributed by atoms with Crippen LogP contribution in [0.2, 0.25) is 0 Å². The van der Waals surface area contributed by atoms with E-state index < -0.39 is 0 Å². The van der Waals surface area contributed by atoms with E-state index in [-0.39, 0.29) is 0 Å². The smallest absolute Gasteiger partial charge is 0.177 e. The Kier molecular flexibility index (Phi) is 4.46. The molecule has 0 saturated heterocycles. The number of rotatable bonds is 2. The number of nitrogens with two attached hydrogens (primary N) is 2. The summed E-state index contributed by atoms with van der Waals surface area (Å²) in [6, 6.07) is 0. The molecule has 0 radical (unpaired) electrons. The Labute approximate surface area is 108 Å². The molecule has 3 nitrogen and oxygen atoms in total. The third-order valence-electron chi connectivity index (χ3n) is 3.65. The van der Waals surface area contributed by atoms with E-state index in [1.54, 1.807) is 0 Å². The largest absolute Gasteiger partial charge is 0.377 e. The van der Waals surface area contributed by atoms with Crippen molar-refractivity contribution in [2.75, 3.05) is 0 Å². The van der Waals surface area contributed by atoms with Crippen molar-refractivity contribution in [3.63, 3.8) is 0 Å². The van der Waals surface area contributed by atoms with Crippen LogP contribution in [0.1, 0.15) is 33.4 Å². The quantitative estimate of drug-likeness (QED) is 0.367. The minimum absolute atomic E-state index is 0.430. The molecule has 1 aromatic rings. The normalized spacial score (nSPS) is 11.9. The van der Waals surface area contributed by atoms with E-state index in [2.05, 4.69) is 39.7 Å². The Morgan fingerprint density at radius 1 is 0.941 bits per heavy atom. The molecule has 4 heteroatoms. The molecule has 0 atom stereocenters. The van der Waals surface area contributed by atoms with E-state index in [1.165, 1.54) is 45.1 Å². The molecule has 0 aromatic heterocycles. The van der Waals surface area contributed by atoms with Crippen LogP contribution < -0.4 is 11.6 Å². The fraction of sp³-hybridized carbons (Fsp3) is 0.462. The summed E-state index contributed by atoms with van der Waals surface area (Å²) >= 11 is 1.48. The van der Waals surface area contributed by atoms with Crippen LogP contribution in [0.4, 0.5) is 0 Å². The van der Waals surface area contributed by atoms with Crippen molar-refractivity contribution >= 4 is 16.9 Å². The number of thioether (sulfide) groups is 1. The molecule has 0 bridgehead atoms. The van der Waals surface area contributed by atoms with Crippen molar-refractivity contribution in [3.05, 3.63) is 33.4 Å². The summed E-state index contributed by atoms with van der Waals surface area (Å²) in [6.07, 6.45) is 0. The molecule has 0 unspecified atom stereocenters. The maximum absolute atomic E-state index is 5.61. The predicted molar refractivity (Wildman–Crippen MR) is 77.2 cm³/mol. The first-order chi connectivity index (χ1) is 7.90. The van der Waals surface area contributed by atoms with E-state index in [9.17, 15) is 0 Å². The van der Waals surface area contributed by atoms with Crippen LogP contribution in [0.3, 0.4) is 0 Å². The van der Waals surface area contributed by atoms with Gasteiger partial charge in [-0.2, -0.15) is 5.10 Å². The molecule has 0 amide bonds.